The van der Waals surface area contributed by atoms with Crippen LogP contribution < -0.4 is 9.47 Å². The minimum Gasteiger partial charge on any atom is -0.486 e. The van der Waals surface area contributed by atoms with Crippen LogP contribution in [0.5, 0.6) is 11.5 Å². The van der Waals surface area contributed by atoms with Gasteiger partial charge in [-0.2, -0.15) is 0 Å². The summed E-state index contributed by atoms with van der Waals surface area (Å²) in [7, 11) is 1.77. The lowest BCUT2D eigenvalue weighted by Gasteiger charge is -2.26. The van der Waals surface area contributed by atoms with Gasteiger partial charge in [0.2, 0.25) is 0 Å². The van der Waals surface area contributed by atoms with E-state index < -0.39 is 0 Å². The second-order valence-corrected chi connectivity index (χ2v) is 5.44. The minimum atomic E-state index is 0.516. The Bertz CT molecular complexity index is 449. The van der Waals surface area contributed by atoms with Crippen molar-refractivity contribution in [3.05, 3.63) is 23.8 Å². The first-order chi connectivity index (χ1) is 9.88. The maximum Gasteiger partial charge on any atom is 0.161 e. The number of nitrogens with zero attached hydrogens (tertiary/aromatic N) is 1. The third-order valence-electron chi connectivity index (χ3n) is 4.11. The van der Waals surface area contributed by atoms with Crippen molar-refractivity contribution in [2.45, 2.75) is 25.3 Å². The molecule has 4 heteroatoms. The summed E-state index contributed by atoms with van der Waals surface area (Å²) in [5, 5.41) is 0. The fourth-order valence-electron chi connectivity index (χ4n) is 3.15. The van der Waals surface area contributed by atoms with E-state index in [2.05, 4.69) is 23.1 Å². The molecular weight excluding hydrogens is 254 g/mol. The molecule has 0 aromatic heterocycles. The van der Waals surface area contributed by atoms with Crippen molar-refractivity contribution in [2.24, 2.45) is 0 Å². The molecule has 4 nitrogen and oxygen atoms in total. The number of fused-ring (bicyclic) bond motifs is 1. The van der Waals surface area contributed by atoms with Crippen LogP contribution in [-0.4, -0.2) is 44.9 Å². The second kappa shape index (κ2) is 6.46. The van der Waals surface area contributed by atoms with Crippen molar-refractivity contribution >= 4 is 0 Å². The molecule has 0 saturated carbocycles. The summed E-state index contributed by atoms with van der Waals surface area (Å²) >= 11 is 0. The molecule has 20 heavy (non-hydrogen) atoms. The average Bonchev–Trinajstić information content (AvgIpc) is 2.95. The highest BCUT2D eigenvalue weighted by Gasteiger charge is 2.26. The summed E-state index contributed by atoms with van der Waals surface area (Å²) in [6, 6.07) is 6.92. The van der Waals surface area contributed by atoms with Crippen LogP contribution >= 0.6 is 0 Å². The monoisotopic (exact) mass is 277 g/mol. The van der Waals surface area contributed by atoms with E-state index in [9.17, 15) is 0 Å². The minimum absolute atomic E-state index is 0.516. The van der Waals surface area contributed by atoms with Crippen molar-refractivity contribution in [3.63, 3.8) is 0 Å². The first-order valence-corrected chi connectivity index (χ1v) is 7.51. The molecule has 0 spiro atoms. The average molecular weight is 277 g/mol. The van der Waals surface area contributed by atoms with E-state index in [0.717, 1.165) is 31.1 Å². The predicted octanol–water partition coefficient (Wildman–Crippen LogP) is 2.63. The molecule has 110 valence electrons. The van der Waals surface area contributed by atoms with E-state index >= 15 is 0 Å². The molecule has 1 saturated heterocycles. The molecule has 2 heterocycles. The van der Waals surface area contributed by atoms with E-state index in [1.54, 1.807) is 7.11 Å². The highest BCUT2D eigenvalue weighted by molar-refractivity contribution is 5.44. The van der Waals surface area contributed by atoms with E-state index in [-0.39, 0.29) is 0 Å². The predicted molar refractivity (Wildman–Crippen MR) is 77.5 cm³/mol. The van der Waals surface area contributed by atoms with E-state index in [0.29, 0.717) is 19.3 Å². The van der Waals surface area contributed by atoms with Gasteiger partial charge >= 0.3 is 0 Å². The maximum atomic E-state index is 5.69. The van der Waals surface area contributed by atoms with E-state index in [4.69, 9.17) is 14.2 Å². The zero-order valence-electron chi connectivity index (χ0n) is 12.1. The molecule has 2 aliphatic heterocycles. The SMILES string of the molecule is COCCCN1CCCC1c1ccc2c(c1)OCCO2. The van der Waals surface area contributed by atoms with Gasteiger partial charge in [0.05, 0.1) is 0 Å². The number of methoxy groups -OCH3 is 1. The van der Waals surface area contributed by atoms with E-state index in [1.165, 1.54) is 24.9 Å². The number of ether oxygens (including phenoxy) is 3. The third kappa shape index (κ3) is 2.91. The summed E-state index contributed by atoms with van der Waals surface area (Å²) in [4.78, 5) is 2.56. The lowest BCUT2D eigenvalue weighted by molar-refractivity contribution is 0.164. The Balaban J connectivity index is 1.70. The highest BCUT2D eigenvalue weighted by Crippen LogP contribution is 2.37. The molecule has 0 radical (unpaired) electrons. The number of benzene rings is 1. The van der Waals surface area contributed by atoms with Gasteiger partial charge in [0, 0.05) is 26.3 Å². The van der Waals surface area contributed by atoms with Crippen molar-refractivity contribution in [1.29, 1.82) is 0 Å². The van der Waals surface area contributed by atoms with Crippen LogP contribution in [0.1, 0.15) is 30.9 Å². The highest BCUT2D eigenvalue weighted by atomic mass is 16.6. The Kier molecular flexibility index (Phi) is 4.43. The van der Waals surface area contributed by atoms with Crippen LogP contribution in [-0.2, 0) is 4.74 Å². The van der Waals surface area contributed by atoms with Gasteiger partial charge in [-0.05, 0) is 43.5 Å². The molecule has 0 N–H and O–H groups in total. The van der Waals surface area contributed by atoms with Crippen molar-refractivity contribution in [3.8, 4) is 11.5 Å². The molecule has 1 aromatic rings. The smallest absolute Gasteiger partial charge is 0.161 e. The Morgan fingerprint density at radius 2 is 2.10 bits per heavy atom. The first kappa shape index (κ1) is 13.7. The van der Waals surface area contributed by atoms with Crippen molar-refractivity contribution in [2.75, 3.05) is 40.0 Å². The van der Waals surface area contributed by atoms with Gasteiger partial charge < -0.3 is 14.2 Å². The number of likely N-dealkylation sites (tertiary alicyclic amines) is 1. The van der Waals surface area contributed by atoms with Gasteiger partial charge in [0.1, 0.15) is 13.2 Å². The molecule has 1 atom stereocenters. The molecule has 3 rings (SSSR count). The molecule has 0 aliphatic carbocycles. The fourth-order valence-corrected chi connectivity index (χ4v) is 3.15. The van der Waals surface area contributed by atoms with Crippen LogP contribution in [0, 0.1) is 0 Å². The molecule has 1 fully saturated rings. The second-order valence-electron chi connectivity index (χ2n) is 5.44. The largest absolute Gasteiger partial charge is 0.486 e. The van der Waals surface area contributed by atoms with Crippen molar-refractivity contribution < 1.29 is 14.2 Å². The van der Waals surface area contributed by atoms with Gasteiger partial charge in [-0.15, -0.1) is 0 Å². The molecule has 1 unspecified atom stereocenters. The third-order valence-corrected chi connectivity index (χ3v) is 4.11. The summed E-state index contributed by atoms with van der Waals surface area (Å²) in [5.74, 6) is 1.78. The summed E-state index contributed by atoms with van der Waals surface area (Å²) in [6.45, 7) is 4.43. The number of hydrogen-bond donors (Lipinski definition) is 0. The standard InChI is InChI=1S/C16H23NO3/c1-18-9-3-8-17-7-2-4-14(17)13-5-6-15-16(12-13)20-11-10-19-15/h5-6,12,14H,2-4,7-11H2,1H3. The molecule has 2 aliphatic rings. The molecule has 0 bridgehead atoms. The summed E-state index contributed by atoms with van der Waals surface area (Å²) in [5.41, 5.74) is 1.35. The topological polar surface area (TPSA) is 30.9 Å². The Morgan fingerprint density at radius 3 is 2.95 bits per heavy atom. The molecular formula is C16H23NO3. The van der Waals surface area contributed by atoms with Crippen LogP contribution in [0.3, 0.4) is 0 Å². The van der Waals surface area contributed by atoms with Crippen molar-refractivity contribution in [1.82, 2.24) is 4.90 Å². The molecule has 1 aromatic carbocycles. The number of hydrogen-bond acceptors (Lipinski definition) is 4. The maximum absolute atomic E-state index is 5.69. The first-order valence-electron chi connectivity index (χ1n) is 7.51. The Hall–Kier alpha value is -1.26. The Labute approximate surface area is 120 Å². The van der Waals surface area contributed by atoms with E-state index in [1.807, 2.05) is 0 Å². The molecule has 0 amide bonds. The normalized spacial score (nSPS) is 22.1. The van der Waals surface area contributed by atoms with Gasteiger partial charge in [0.25, 0.3) is 0 Å². The summed E-state index contributed by atoms with van der Waals surface area (Å²) < 4.78 is 16.4. The van der Waals surface area contributed by atoms with Gasteiger partial charge in [-0.1, -0.05) is 6.07 Å². The van der Waals surface area contributed by atoms with Crippen LogP contribution in [0.15, 0.2) is 18.2 Å². The zero-order valence-corrected chi connectivity index (χ0v) is 12.1. The van der Waals surface area contributed by atoms with Gasteiger partial charge in [-0.3, -0.25) is 4.90 Å². The van der Waals surface area contributed by atoms with Gasteiger partial charge in [-0.25, -0.2) is 0 Å². The lowest BCUT2D eigenvalue weighted by atomic mass is 10.0. The van der Waals surface area contributed by atoms with Crippen LogP contribution in [0.2, 0.25) is 0 Å². The summed E-state index contributed by atoms with van der Waals surface area (Å²) in [6.07, 6.45) is 3.59. The fraction of sp³-hybridized carbons (Fsp3) is 0.625. The number of rotatable bonds is 5. The quantitative estimate of drug-likeness (QED) is 0.774. The zero-order chi connectivity index (χ0) is 13.8. The van der Waals surface area contributed by atoms with Gasteiger partial charge in [0.15, 0.2) is 11.5 Å². The van der Waals surface area contributed by atoms with Crippen LogP contribution in [0.4, 0.5) is 0 Å². The van der Waals surface area contributed by atoms with Crippen LogP contribution in [0.25, 0.3) is 0 Å². The Morgan fingerprint density at radius 1 is 1.25 bits per heavy atom. The lowest BCUT2D eigenvalue weighted by Crippen LogP contribution is -2.25.